The minimum absolute atomic E-state index is 0.686. The topological polar surface area (TPSA) is 27.3 Å². The Hall–Kier alpha value is -1.13. The maximum absolute atomic E-state index is 5.17. The molecule has 0 unspecified atom stereocenters. The third-order valence-electron chi connectivity index (χ3n) is 3.40. The van der Waals surface area contributed by atoms with E-state index in [0.29, 0.717) is 5.11 Å². The Morgan fingerprint density at radius 3 is 2.47 bits per heavy atom. The molecule has 0 amide bonds. The zero-order valence-electron chi connectivity index (χ0n) is 11.6. The van der Waals surface area contributed by atoms with E-state index in [-0.39, 0.29) is 0 Å². The molecule has 3 nitrogen and oxygen atoms in total. The molecule has 1 aromatic rings. The summed E-state index contributed by atoms with van der Waals surface area (Å²) in [5, 5.41) is 6.95. The Morgan fingerprint density at radius 1 is 1.16 bits per heavy atom. The first-order valence-electron chi connectivity index (χ1n) is 7.14. The highest BCUT2D eigenvalue weighted by molar-refractivity contribution is 7.80. The fourth-order valence-corrected chi connectivity index (χ4v) is 2.67. The van der Waals surface area contributed by atoms with Gasteiger partial charge in [-0.1, -0.05) is 18.6 Å². The van der Waals surface area contributed by atoms with Gasteiger partial charge in [-0.15, -0.1) is 0 Å². The molecule has 104 valence electrons. The lowest BCUT2D eigenvalue weighted by molar-refractivity contribution is 0.221. The van der Waals surface area contributed by atoms with E-state index in [1.54, 1.807) is 0 Å². The minimum atomic E-state index is 0.686. The number of benzene rings is 1. The molecule has 0 atom stereocenters. The number of rotatable bonds is 4. The van der Waals surface area contributed by atoms with Gasteiger partial charge in [0.25, 0.3) is 0 Å². The van der Waals surface area contributed by atoms with Gasteiger partial charge in [-0.25, -0.2) is 0 Å². The molecule has 2 rings (SSSR count). The van der Waals surface area contributed by atoms with Gasteiger partial charge in [0.15, 0.2) is 5.11 Å². The fourth-order valence-electron chi connectivity index (χ4n) is 2.41. The Balaban J connectivity index is 1.85. The van der Waals surface area contributed by atoms with Crippen molar-refractivity contribution >= 4 is 23.0 Å². The van der Waals surface area contributed by atoms with Crippen LogP contribution >= 0.6 is 12.2 Å². The van der Waals surface area contributed by atoms with Crippen molar-refractivity contribution in [2.45, 2.75) is 32.7 Å². The van der Waals surface area contributed by atoms with Crippen LogP contribution in [0.3, 0.4) is 0 Å². The molecule has 1 aromatic carbocycles. The van der Waals surface area contributed by atoms with Crippen LogP contribution < -0.4 is 10.6 Å². The summed E-state index contributed by atoms with van der Waals surface area (Å²) in [6, 6.07) is 8.57. The molecule has 0 aromatic heterocycles. The van der Waals surface area contributed by atoms with Crippen LogP contribution in [-0.4, -0.2) is 29.6 Å². The van der Waals surface area contributed by atoms with Gasteiger partial charge in [0, 0.05) is 18.8 Å². The van der Waals surface area contributed by atoms with Gasteiger partial charge in [0.05, 0.1) is 0 Å². The molecule has 1 heterocycles. The van der Waals surface area contributed by atoms with Crippen molar-refractivity contribution in [1.82, 2.24) is 10.2 Å². The second kappa shape index (κ2) is 7.46. The smallest absolute Gasteiger partial charge is 0.170 e. The normalized spacial score (nSPS) is 16.1. The van der Waals surface area contributed by atoms with Crippen LogP contribution in [0.2, 0.25) is 0 Å². The molecular formula is C15H23N3S. The van der Waals surface area contributed by atoms with Crippen LogP contribution in [0.5, 0.6) is 0 Å². The van der Waals surface area contributed by atoms with E-state index in [1.807, 2.05) is 6.92 Å². The molecular weight excluding hydrogens is 254 g/mol. The van der Waals surface area contributed by atoms with Crippen LogP contribution in [0, 0.1) is 0 Å². The highest BCUT2D eigenvalue weighted by Gasteiger charge is 2.10. The molecule has 19 heavy (non-hydrogen) atoms. The largest absolute Gasteiger partial charge is 0.363 e. The molecule has 0 saturated carbocycles. The third-order valence-corrected chi connectivity index (χ3v) is 3.65. The lowest BCUT2D eigenvalue weighted by Gasteiger charge is -2.26. The number of hydrogen-bond donors (Lipinski definition) is 2. The van der Waals surface area contributed by atoms with Gasteiger partial charge in [0.2, 0.25) is 0 Å². The van der Waals surface area contributed by atoms with Crippen LogP contribution in [0.1, 0.15) is 31.7 Å². The molecule has 4 heteroatoms. The number of nitrogens with one attached hydrogen (secondary N) is 2. The number of nitrogens with zero attached hydrogens (tertiary/aromatic N) is 1. The van der Waals surface area contributed by atoms with Gasteiger partial charge in [-0.2, -0.15) is 0 Å². The zero-order valence-corrected chi connectivity index (χ0v) is 12.4. The van der Waals surface area contributed by atoms with E-state index in [0.717, 1.165) is 18.8 Å². The number of hydrogen-bond acceptors (Lipinski definition) is 2. The van der Waals surface area contributed by atoms with Crippen molar-refractivity contribution < 1.29 is 0 Å². The SMILES string of the molecule is CCNC(=S)Nc1ccc(CN2CCCCC2)cc1. The number of piperidine rings is 1. The van der Waals surface area contributed by atoms with Gasteiger partial charge >= 0.3 is 0 Å². The average molecular weight is 277 g/mol. The van der Waals surface area contributed by atoms with Crippen molar-refractivity contribution in [2.75, 3.05) is 25.0 Å². The molecule has 0 bridgehead atoms. The Kier molecular flexibility index (Phi) is 5.61. The Labute approximate surface area is 121 Å². The first-order valence-corrected chi connectivity index (χ1v) is 7.55. The monoisotopic (exact) mass is 277 g/mol. The van der Waals surface area contributed by atoms with E-state index in [9.17, 15) is 0 Å². The van der Waals surface area contributed by atoms with E-state index in [1.165, 1.54) is 37.9 Å². The van der Waals surface area contributed by atoms with Crippen molar-refractivity contribution in [3.05, 3.63) is 29.8 Å². The van der Waals surface area contributed by atoms with Crippen molar-refractivity contribution in [3.8, 4) is 0 Å². The zero-order chi connectivity index (χ0) is 13.5. The highest BCUT2D eigenvalue weighted by atomic mass is 32.1. The summed E-state index contributed by atoms with van der Waals surface area (Å²) in [6.07, 6.45) is 4.08. The van der Waals surface area contributed by atoms with E-state index in [4.69, 9.17) is 12.2 Å². The molecule has 1 aliphatic heterocycles. The molecule has 0 radical (unpaired) electrons. The summed E-state index contributed by atoms with van der Waals surface area (Å²) < 4.78 is 0. The number of thiocarbonyl (C=S) groups is 1. The van der Waals surface area contributed by atoms with E-state index < -0.39 is 0 Å². The van der Waals surface area contributed by atoms with Crippen LogP contribution in [0.4, 0.5) is 5.69 Å². The summed E-state index contributed by atoms with van der Waals surface area (Å²) in [5.41, 5.74) is 2.43. The highest BCUT2D eigenvalue weighted by Crippen LogP contribution is 2.15. The molecule has 2 N–H and O–H groups in total. The van der Waals surface area contributed by atoms with Crippen LogP contribution in [0.15, 0.2) is 24.3 Å². The maximum Gasteiger partial charge on any atom is 0.170 e. The first-order chi connectivity index (χ1) is 9.28. The third kappa shape index (κ3) is 4.80. The minimum Gasteiger partial charge on any atom is -0.363 e. The predicted molar refractivity (Wildman–Crippen MR) is 85.5 cm³/mol. The van der Waals surface area contributed by atoms with E-state index in [2.05, 4.69) is 39.8 Å². The summed E-state index contributed by atoms with van der Waals surface area (Å²) in [7, 11) is 0. The van der Waals surface area contributed by atoms with Gasteiger partial charge in [0.1, 0.15) is 0 Å². The summed E-state index contributed by atoms with van der Waals surface area (Å²) in [5.74, 6) is 0. The molecule has 0 aliphatic carbocycles. The van der Waals surface area contributed by atoms with Gasteiger partial charge in [-0.05, 0) is 62.8 Å². The molecule has 0 spiro atoms. The lowest BCUT2D eigenvalue weighted by atomic mass is 10.1. The van der Waals surface area contributed by atoms with Crippen LogP contribution in [0.25, 0.3) is 0 Å². The van der Waals surface area contributed by atoms with Crippen molar-refractivity contribution in [2.24, 2.45) is 0 Å². The Bertz CT molecular complexity index is 396. The lowest BCUT2D eigenvalue weighted by Crippen LogP contribution is -2.29. The van der Waals surface area contributed by atoms with Gasteiger partial charge < -0.3 is 10.6 Å². The van der Waals surface area contributed by atoms with E-state index >= 15 is 0 Å². The first kappa shape index (κ1) is 14.3. The summed E-state index contributed by atoms with van der Waals surface area (Å²) >= 11 is 5.17. The van der Waals surface area contributed by atoms with Crippen LogP contribution in [-0.2, 0) is 6.54 Å². The molecule has 1 aliphatic rings. The summed E-state index contributed by atoms with van der Waals surface area (Å²) in [4.78, 5) is 2.54. The fraction of sp³-hybridized carbons (Fsp3) is 0.533. The van der Waals surface area contributed by atoms with Crippen molar-refractivity contribution in [3.63, 3.8) is 0 Å². The second-order valence-electron chi connectivity index (χ2n) is 5.02. The van der Waals surface area contributed by atoms with Crippen molar-refractivity contribution in [1.29, 1.82) is 0 Å². The van der Waals surface area contributed by atoms with Gasteiger partial charge in [-0.3, -0.25) is 4.90 Å². The Morgan fingerprint density at radius 2 is 1.84 bits per heavy atom. The molecule has 1 saturated heterocycles. The average Bonchev–Trinajstić information content (AvgIpc) is 2.42. The second-order valence-corrected chi connectivity index (χ2v) is 5.43. The summed E-state index contributed by atoms with van der Waals surface area (Å²) in [6.45, 7) is 6.43. The quantitative estimate of drug-likeness (QED) is 0.827. The maximum atomic E-state index is 5.17. The number of likely N-dealkylation sites (tertiary alicyclic amines) is 1. The standard InChI is InChI=1S/C15H23N3S/c1-2-16-15(19)17-14-8-6-13(7-9-14)12-18-10-4-3-5-11-18/h6-9H,2-5,10-12H2,1H3,(H2,16,17,19). The molecule has 1 fully saturated rings. The number of anilines is 1. The predicted octanol–water partition coefficient (Wildman–Crippen LogP) is 2.98.